The Kier molecular flexibility index (Phi) is 3.87. The lowest BCUT2D eigenvalue weighted by Gasteiger charge is -2.11. The second-order valence-corrected chi connectivity index (χ2v) is 4.27. The number of rotatable bonds is 5. The molecule has 1 aliphatic heterocycles. The molecule has 1 unspecified atom stereocenters. The normalized spacial score (nSPS) is 21.0. The second-order valence-electron chi connectivity index (χ2n) is 4.27. The summed E-state index contributed by atoms with van der Waals surface area (Å²) in [5, 5.41) is 2.95. The molecule has 104 valence electrons. The third-order valence-electron chi connectivity index (χ3n) is 2.76. The number of carbonyl (C=O) groups is 1. The van der Waals surface area contributed by atoms with Crippen LogP contribution in [0.15, 0.2) is 24.3 Å². The molecule has 1 saturated heterocycles. The van der Waals surface area contributed by atoms with Crippen LogP contribution >= 0.6 is 0 Å². The van der Waals surface area contributed by atoms with Crippen molar-refractivity contribution >= 4 is 11.7 Å². The van der Waals surface area contributed by atoms with Gasteiger partial charge in [0.25, 0.3) is 0 Å². The summed E-state index contributed by atoms with van der Waals surface area (Å²) in [5.74, 6) is -4.05. The molecule has 1 aromatic rings. The molecule has 0 saturated carbocycles. The topological polar surface area (TPSA) is 47.6 Å². The van der Waals surface area contributed by atoms with Crippen molar-refractivity contribution in [2.24, 2.45) is 0 Å². The van der Waals surface area contributed by atoms with E-state index in [0.717, 1.165) is 11.4 Å². The predicted molar refractivity (Wildman–Crippen MR) is 65.5 cm³/mol. The number of anilines is 1. The fourth-order valence-electron chi connectivity index (χ4n) is 1.83. The Labute approximate surface area is 109 Å². The summed E-state index contributed by atoms with van der Waals surface area (Å²) in [6, 6.07) is 7.11. The quantitative estimate of drug-likeness (QED) is 0.836. The number of hydrogen-bond acceptors (Lipinski definition) is 4. The second kappa shape index (κ2) is 5.42. The molecule has 2 rings (SSSR count). The third-order valence-corrected chi connectivity index (χ3v) is 2.76. The lowest BCUT2D eigenvalue weighted by atomic mass is 10.2. The van der Waals surface area contributed by atoms with Gasteiger partial charge in [-0.3, -0.25) is 0 Å². The minimum Gasteiger partial charge on any atom is -0.494 e. The number of esters is 1. The van der Waals surface area contributed by atoms with Gasteiger partial charge in [-0.25, -0.2) is 4.79 Å². The summed E-state index contributed by atoms with van der Waals surface area (Å²) in [7, 11) is 0. The average molecular weight is 271 g/mol. The summed E-state index contributed by atoms with van der Waals surface area (Å²) in [6.07, 6.45) is -1.37. The highest BCUT2D eigenvalue weighted by Crippen LogP contribution is 2.31. The number of carbonyl (C=O) groups excluding carboxylic acids is 1. The zero-order valence-corrected chi connectivity index (χ0v) is 10.5. The highest BCUT2D eigenvalue weighted by atomic mass is 19.3. The van der Waals surface area contributed by atoms with Crippen LogP contribution in [-0.4, -0.2) is 31.1 Å². The fourth-order valence-corrected chi connectivity index (χ4v) is 1.83. The molecule has 1 N–H and O–H groups in total. The standard InChI is InChI=1S/C13H15F2NO3/c1-2-18-10-5-3-9(4-6-10)16-8-11-7-13(14,15)12(17)19-11/h3-6,11,16H,2,7-8H2,1H3. The van der Waals surface area contributed by atoms with Gasteiger partial charge in [0.15, 0.2) is 0 Å². The maximum atomic E-state index is 12.9. The molecule has 0 aromatic heterocycles. The van der Waals surface area contributed by atoms with Crippen molar-refractivity contribution in [2.75, 3.05) is 18.5 Å². The number of halogens is 2. The molecule has 4 nitrogen and oxygen atoms in total. The fraction of sp³-hybridized carbons (Fsp3) is 0.462. The molecule has 19 heavy (non-hydrogen) atoms. The Morgan fingerprint density at radius 3 is 2.63 bits per heavy atom. The Balaban J connectivity index is 1.84. The van der Waals surface area contributed by atoms with Crippen LogP contribution in [0, 0.1) is 0 Å². The van der Waals surface area contributed by atoms with Crippen molar-refractivity contribution in [1.29, 1.82) is 0 Å². The van der Waals surface area contributed by atoms with Gasteiger partial charge in [0.1, 0.15) is 11.9 Å². The lowest BCUT2D eigenvalue weighted by Crippen LogP contribution is -2.22. The average Bonchev–Trinajstić information content (AvgIpc) is 2.63. The van der Waals surface area contributed by atoms with Crippen LogP contribution in [0.25, 0.3) is 0 Å². The summed E-state index contributed by atoms with van der Waals surface area (Å²) < 4.78 is 35.7. The lowest BCUT2D eigenvalue weighted by molar-refractivity contribution is -0.158. The van der Waals surface area contributed by atoms with E-state index in [-0.39, 0.29) is 6.54 Å². The molecule has 0 spiro atoms. The molecule has 1 aromatic carbocycles. The van der Waals surface area contributed by atoms with Crippen molar-refractivity contribution < 1.29 is 23.0 Å². The first-order valence-corrected chi connectivity index (χ1v) is 6.07. The van der Waals surface area contributed by atoms with Crippen molar-refractivity contribution in [1.82, 2.24) is 0 Å². The minimum atomic E-state index is -3.36. The highest BCUT2D eigenvalue weighted by molar-refractivity contribution is 5.79. The molecule has 1 heterocycles. The summed E-state index contributed by atoms with van der Waals surface area (Å²) >= 11 is 0. The summed E-state index contributed by atoms with van der Waals surface area (Å²) in [4.78, 5) is 10.8. The largest absolute Gasteiger partial charge is 0.494 e. The maximum Gasteiger partial charge on any atom is 0.377 e. The molecule has 0 bridgehead atoms. The van der Waals surface area contributed by atoms with E-state index in [1.165, 1.54) is 0 Å². The number of benzene rings is 1. The van der Waals surface area contributed by atoms with E-state index >= 15 is 0 Å². The molecule has 6 heteroatoms. The van der Waals surface area contributed by atoms with E-state index in [1.54, 1.807) is 24.3 Å². The van der Waals surface area contributed by atoms with Crippen LogP contribution in [0.3, 0.4) is 0 Å². The molecular weight excluding hydrogens is 256 g/mol. The van der Waals surface area contributed by atoms with Crippen LogP contribution < -0.4 is 10.1 Å². The van der Waals surface area contributed by atoms with Crippen molar-refractivity contribution in [2.45, 2.75) is 25.4 Å². The van der Waals surface area contributed by atoms with Crippen LogP contribution in [0.4, 0.5) is 14.5 Å². The molecule has 0 radical (unpaired) electrons. The number of alkyl halides is 2. The molecule has 0 aliphatic carbocycles. The highest BCUT2D eigenvalue weighted by Gasteiger charge is 2.50. The molecular formula is C13H15F2NO3. The monoisotopic (exact) mass is 271 g/mol. The van der Waals surface area contributed by atoms with E-state index in [4.69, 9.17) is 4.74 Å². The van der Waals surface area contributed by atoms with Gasteiger partial charge in [0.05, 0.1) is 19.6 Å². The Hall–Kier alpha value is -1.85. The van der Waals surface area contributed by atoms with Crippen LogP contribution in [-0.2, 0) is 9.53 Å². The summed E-state index contributed by atoms with van der Waals surface area (Å²) in [6.45, 7) is 2.63. The van der Waals surface area contributed by atoms with E-state index < -0.39 is 24.4 Å². The van der Waals surface area contributed by atoms with Gasteiger partial charge in [0, 0.05) is 5.69 Å². The van der Waals surface area contributed by atoms with Gasteiger partial charge >= 0.3 is 11.9 Å². The molecule has 1 aliphatic rings. The minimum absolute atomic E-state index is 0.162. The van der Waals surface area contributed by atoms with Crippen molar-refractivity contribution in [3.63, 3.8) is 0 Å². The predicted octanol–water partition coefficient (Wildman–Crippen LogP) is 2.45. The Morgan fingerprint density at radius 2 is 2.11 bits per heavy atom. The van der Waals surface area contributed by atoms with Gasteiger partial charge < -0.3 is 14.8 Å². The van der Waals surface area contributed by atoms with Gasteiger partial charge in [0.2, 0.25) is 0 Å². The van der Waals surface area contributed by atoms with Gasteiger partial charge in [-0.15, -0.1) is 0 Å². The van der Waals surface area contributed by atoms with E-state index in [1.807, 2.05) is 6.92 Å². The van der Waals surface area contributed by atoms with E-state index in [9.17, 15) is 13.6 Å². The van der Waals surface area contributed by atoms with Crippen molar-refractivity contribution in [3.8, 4) is 5.75 Å². The number of hydrogen-bond donors (Lipinski definition) is 1. The zero-order valence-electron chi connectivity index (χ0n) is 10.5. The van der Waals surface area contributed by atoms with Crippen molar-refractivity contribution in [3.05, 3.63) is 24.3 Å². The first-order chi connectivity index (χ1) is 9.01. The SMILES string of the molecule is CCOc1ccc(NCC2CC(F)(F)C(=O)O2)cc1. The maximum absolute atomic E-state index is 12.9. The molecule has 1 fully saturated rings. The molecule has 0 amide bonds. The number of cyclic esters (lactones) is 1. The van der Waals surface area contributed by atoms with Crippen LogP contribution in [0.1, 0.15) is 13.3 Å². The Bertz CT molecular complexity index is 448. The molecule has 1 atom stereocenters. The van der Waals surface area contributed by atoms with Gasteiger partial charge in [-0.1, -0.05) is 0 Å². The van der Waals surface area contributed by atoms with E-state index in [2.05, 4.69) is 10.1 Å². The van der Waals surface area contributed by atoms with Crippen LogP contribution in [0.2, 0.25) is 0 Å². The number of nitrogens with one attached hydrogen (secondary N) is 1. The van der Waals surface area contributed by atoms with Gasteiger partial charge in [-0.05, 0) is 31.2 Å². The van der Waals surface area contributed by atoms with Gasteiger partial charge in [-0.2, -0.15) is 8.78 Å². The smallest absolute Gasteiger partial charge is 0.377 e. The van der Waals surface area contributed by atoms with E-state index in [0.29, 0.717) is 6.61 Å². The first kappa shape index (κ1) is 13.6. The zero-order chi connectivity index (χ0) is 13.9. The first-order valence-electron chi connectivity index (χ1n) is 6.07. The summed E-state index contributed by atoms with van der Waals surface area (Å²) in [5.41, 5.74) is 0.759. The third kappa shape index (κ3) is 3.33. The number of ether oxygens (including phenoxy) is 2. The Morgan fingerprint density at radius 1 is 1.42 bits per heavy atom. The van der Waals surface area contributed by atoms with Crippen LogP contribution in [0.5, 0.6) is 5.75 Å².